The number of sulfone groups is 1. The zero-order chi connectivity index (χ0) is 15.1. The highest BCUT2D eigenvalue weighted by Gasteiger charge is 2.37. The van der Waals surface area contributed by atoms with Gasteiger partial charge in [0.2, 0.25) is 5.91 Å². The number of carbonyl (C=O) groups is 2. The minimum atomic E-state index is -3.36. The zero-order valence-electron chi connectivity index (χ0n) is 11.1. The van der Waals surface area contributed by atoms with Gasteiger partial charge in [0, 0.05) is 18.3 Å². The van der Waals surface area contributed by atoms with Gasteiger partial charge < -0.3 is 10.0 Å². The van der Waals surface area contributed by atoms with E-state index in [0.29, 0.717) is 23.4 Å². The van der Waals surface area contributed by atoms with Crippen molar-refractivity contribution < 1.29 is 23.1 Å². The second-order valence-corrected chi connectivity index (χ2v) is 8.15. The Kier molecular flexibility index (Phi) is 3.88. The van der Waals surface area contributed by atoms with Crippen molar-refractivity contribution in [3.63, 3.8) is 0 Å². The Bertz CT molecular complexity index is 661. The first-order valence-corrected chi connectivity index (χ1v) is 8.60. The second kappa shape index (κ2) is 5.17. The van der Waals surface area contributed by atoms with Crippen molar-refractivity contribution in [3.05, 3.63) is 16.5 Å². The number of rotatable bonds is 3. The molecule has 1 aliphatic heterocycles. The summed E-state index contributed by atoms with van der Waals surface area (Å²) in [5, 5.41) is 9.34. The van der Waals surface area contributed by atoms with Crippen LogP contribution in [0.15, 0.2) is 10.3 Å². The van der Waals surface area contributed by atoms with Crippen LogP contribution in [0.3, 0.4) is 0 Å². The van der Waals surface area contributed by atoms with E-state index in [0.717, 1.165) is 11.3 Å². The summed E-state index contributed by atoms with van der Waals surface area (Å²) in [6.07, 6.45) is 0.481. The van der Waals surface area contributed by atoms with Crippen LogP contribution in [-0.2, 0) is 25.8 Å². The summed E-state index contributed by atoms with van der Waals surface area (Å²) >= 11 is 0.962. The normalized spacial score (nSPS) is 18.7. The smallest absolute Gasteiger partial charge is 0.331 e. The third-order valence-electron chi connectivity index (χ3n) is 3.33. The fourth-order valence-electron chi connectivity index (χ4n) is 2.24. The third-order valence-corrected chi connectivity index (χ3v) is 6.85. The molecular weight excluding hydrogens is 302 g/mol. The lowest BCUT2D eigenvalue weighted by Gasteiger charge is -2.31. The van der Waals surface area contributed by atoms with Crippen LogP contribution in [0.5, 0.6) is 0 Å². The first kappa shape index (κ1) is 15.0. The van der Waals surface area contributed by atoms with Crippen LogP contribution in [-0.4, -0.2) is 42.6 Å². The van der Waals surface area contributed by atoms with E-state index in [-0.39, 0.29) is 15.9 Å². The Morgan fingerprint density at radius 3 is 2.65 bits per heavy atom. The Morgan fingerprint density at radius 2 is 2.15 bits per heavy atom. The summed E-state index contributed by atoms with van der Waals surface area (Å²) in [6.45, 7) is 3.16. The van der Waals surface area contributed by atoms with Crippen molar-refractivity contribution in [2.45, 2.75) is 30.5 Å². The molecule has 6 nitrogen and oxygen atoms in total. The molecule has 0 saturated heterocycles. The highest BCUT2D eigenvalue weighted by atomic mass is 32.2. The minimum Gasteiger partial charge on any atom is -0.479 e. The highest BCUT2D eigenvalue weighted by molar-refractivity contribution is 7.93. The standard InChI is InChI=1S/C12H15NO5S2/c1-3-20(17,18)9-6-8-4-5-13(7(2)14)10(12(15)16)11(8)19-9/h6,10H,3-5H2,1-2H3,(H,15,16). The van der Waals surface area contributed by atoms with Crippen LogP contribution in [0.4, 0.5) is 0 Å². The molecule has 0 spiro atoms. The number of thiophene rings is 1. The van der Waals surface area contributed by atoms with Crippen molar-refractivity contribution in [3.8, 4) is 0 Å². The number of fused-ring (bicyclic) bond motifs is 1. The van der Waals surface area contributed by atoms with Gasteiger partial charge in [0.05, 0.1) is 5.75 Å². The lowest BCUT2D eigenvalue weighted by molar-refractivity contribution is -0.150. The molecule has 110 valence electrons. The van der Waals surface area contributed by atoms with Gasteiger partial charge in [-0.2, -0.15) is 0 Å². The molecule has 1 amide bonds. The van der Waals surface area contributed by atoms with E-state index in [2.05, 4.69) is 0 Å². The molecule has 0 aromatic carbocycles. The summed E-state index contributed by atoms with van der Waals surface area (Å²) in [7, 11) is -3.36. The third kappa shape index (κ3) is 2.45. The summed E-state index contributed by atoms with van der Waals surface area (Å²) < 4.78 is 24.0. The molecule has 1 N–H and O–H groups in total. The van der Waals surface area contributed by atoms with E-state index in [1.165, 1.54) is 11.8 Å². The van der Waals surface area contributed by atoms with E-state index in [1.807, 2.05) is 0 Å². The van der Waals surface area contributed by atoms with Crippen LogP contribution >= 0.6 is 11.3 Å². The van der Waals surface area contributed by atoms with Gasteiger partial charge in [-0.3, -0.25) is 4.79 Å². The maximum atomic E-state index is 11.9. The fourth-order valence-corrected chi connectivity index (χ4v) is 5.02. The molecule has 1 aromatic heterocycles. The number of carboxylic acids is 1. The van der Waals surface area contributed by atoms with Crippen molar-refractivity contribution in [2.75, 3.05) is 12.3 Å². The van der Waals surface area contributed by atoms with Gasteiger partial charge in [-0.05, 0) is 18.1 Å². The first-order chi connectivity index (χ1) is 9.27. The Hall–Kier alpha value is -1.41. The van der Waals surface area contributed by atoms with Gasteiger partial charge in [-0.1, -0.05) is 6.92 Å². The molecule has 1 aliphatic rings. The number of carbonyl (C=O) groups excluding carboxylic acids is 1. The fraction of sp³-hybridized carbons (Fsp3) is 0.500. The number of amides is 1. The average Bonchev–Trinajstić information content (AvgIpc) is 2.81. The Morgan fingerprint density at radius 1 is 1.50 bits per heavy atom. The molecule has 1 unspecified atom stereocenters. The Labute approximate surface area is 120 Å². The second-order valence-electron chi connectivity index (χ2n) is 4.56. The maximum absolute atomic E-state index is 11.9. The van der Waals surface area contributed by atoms with Crippen LogP contribution in [0, 0.1) is 0 Å². The quantitative estimate of drug-likeness (QED) is 0.900. The Balaban J connectivity index is 2.53. The highest BCUT2D eigenvalue weighted by Crippen LogP contribution is 2.38. The molecule has 2 rings (SSSR count). The number of aliphatic carboxylic acids is 1. The molecule has 1 aromatic rings. The van der Waals surface area contributed by atoms with Gasteiger partial charge in [0.1, 0.15) is 4.21 Å². The SMILES string of the molecule is CCS(=O)(=O)c1cc2c(s1)C(C(=O)O)N(C(C)=O)CC2. The van der Waals surface area contributed by atoms with Crippen molar-refractivity contribution >= 4 is 33.1 Å². The molecule has 1 atom stereocenters. The summed E-state index contributed by atoms with van der Waals surface area (Å²) in [4.78, 5) is 24.7. The lowest BCUT2D eigenvalue weighted by Crippen LogP contribution is -2.41. The number of carboxylic acid groups (broad SMARTS) is 1. The van der Waals surface area contributed by atoms with Gasteiger partial charge in [0.15, 0.2) is 15.9 Å². The number of nitrogens with zero attached hydrogens (tertiary/aromatic N) is 1. The largest absolute Gasteiger partial charge is 0.479 e. The van der Waals surface area contributed by atoms with Crippen LogP contribution in [0.1, 0.15) is 30.3 Å². The van der Waals surface area contributed by atoms with E-state index in [4.69, 9.17) is 0 Å². The predicted molar refractivity (Wildman–Crippen MR) is 73.5 cm³/mol. The topological polar surface area (TPSA) is 91.8 Å². The van der Waals surface area contributed by atoms with E-state index in [1.54, 1.807) is 13.0 Å². The molecular formula is C12H15NO5S2. The molecule has 2 heterocycles. The molecule has 0 fully saturated rings. The average molecular weight is 317 g/mol. The van der Waals surface area contributed by atoms with Gasteiger partial charge in [0.25, 0.3) is 0 Å². The lowest BCUT2D eigenvalue weighted by atomic mass is 10.0. The van der Waals surface area contributed by atoms with Gasteiger partial charge in [-0.25, -0.2) is 13.2 Å². The van der Waals surface area contributed by atoms with Crippen molar-refractivity contribution in [1.82, 2.24) is 4.90 Å². The number of hydrogen-bond donors (Lipinski definition) is 1. The predicted octanol–water partition coefficient (Wildman–Crippen LogP) is 1.07. The van der Waals surface area contributed by atoms with Gasteiger partial charge >= 0.3 is 5.97 Å². The van der Waals surface area contributed by atoms with Gasteiger partial charge in [-0.15, -0.1) is 11.3 Å². The van der Waals surface area contributed by atoms with E-state index in [9.17, 15) is 23.1 Å². The molecule has 0 radical (unpaired) electrons. The molecule has 0 saturated carbocycles. The minimum absolute atomic E-state index is 0.0272. The van der Waals surface area contributed by atoms with Crippen LogP contribution in [0.25, 0.3) is 0 Å². The first-order valence-electron chi connectivity index (χ1n) is 6.13. The zero-order valence-corrected chi connectivity index (χ0v) is 12.8. The summed E-state index contributed by atoms with van der Waals surface area (Å²) in [6, 6.07) is 0.466. The van der Waals surface area contributed by atoms with E-state index >= 15 is 0 Å². The van der Waals surface area contributed by atoms with E-state index < -0.39 is 21.8 Å². The summed E-state index contributed by atoms with van der Waals surface area (Å²) in [5.41, 5.74) is 0.715. The monoisotopic (exact) mass is 317 g/mol. The molecule has 0 aliphatic carbocycles. The summed E-state index contributed by atoms with van der Waals surface area (Å²) in [5.74, 6) is -1.49. The van der Waals surface area contributed by atoms with Crippen LogP contribution < -0.4 is 0 Å². The molecule has 8 heteroatoms. The molecule has 20 heavy (non-hydrogen) atoms. The maximum Gasteiger partial charge on any atom is 0.331 e. The molecule has 0 bridgehead atoms. The van der Waals surface area contributed by atoms with Crippen molar-refractivity contribution in [2.24, 2.45) is 0 Å². The van der Waals surface area contributed by atoms with Crippen LogP contribution in [0.2, 0.25) is 0 Å². The number of hydrogen-bond acceptors (Lipinski definition) is 5. The van der Waals surface area contributed by atoms with Crippen molar-refractivity contribution in [1.29, 1.82) is 0 Å².